The van der Waals surface area contributed by atoms with E-state index in [-0.39, 0.29) is 11.9 Å². The number of nitrogens with zero attached hydrogens (tertiary/aromatic N) is 4. The summed E-state index contributed by atoms with van der Waals surface area (Å²) < 4.78 is 1.84. The van der Waals surface area contributed by atoms with Gasteiger partial charge in [-0.15, -0.1) is 0 Å². The average molecular weight is 377 g/mol. The van der Waals surface area contributed by atoms with Crippen LogP contribution in [-0.4, -0.2) is 45.6 Å². The number of para-hydroxylation sites is 1. The van der Waals surface area contributed by atoms with Crippen LogP contribution in [0.25, 0.3) is 5.69 Å². The second-order valence-corrected chi connectivity index (χ2v) is 6.86. The van der Waals surface area contributed by atoms with E-state index >= 15 is 0 Å². The number of hydrogen-bond donors (Lipinski definition) is 0. The zero-order chi connectivity index (χ0) is 19.9. The lowest BCUT2D eigenvalue weighted by Crippen LogP contribution is -2.41. The highest BCUT2D eigenvalue weighted by molar-refractivity contribution is 5.83. The van der Waals surface area contributed by atoms with Gasteiger partial charge in [0.05, 0.1) is 11.9 Å². The summed E-state index contributed by atoms with van der Waals surface area (Å²) in [4.78, 5) is 17.3. The number of carbonyl (C=O) groups is 1. The van der Waals surface area contributed by atoms with Gasteiger partial charge < -0.3 is 4.90 Å². The van der Waals surface area contributed by atoms with Crippen LogP contribution in [0.5, 0.6) is 0 Å². The van der Waals surface area contributed by atoms with E-state index in [2.05, 4.69) is 23.8 Å². The Kier molecular flexibility index (Phi) is 6.61. The van der Waals surface area contributed by atoms with Gasteiger partial charge in [0.15, 0.2) is 0 Å². The lowest BCUT2D eigenvalue weighted by atomic mass is 10.0. The molecule has 0 saturated carbocycles. The highest BCUT2D eigenvalue weighted by atomic mass is 16.2. The fourth-order valence-corrected chi connectivity index (χ4v) is 3.46. The molecule has 5 nitrogen and oxygen atoms in total. The maximum absolute atomic E-state index is 13.3. The van der Waals surface area contributed by atoms with Crippen molar-refractivity contribution in [2.24, 2.45) is 0 Å². The molecular formula is C23H28N4O. The number of hydrogen-bond acceptors (Lipinski definition) is 3. The van der Waals surface area contributed by atoms with Crippen molar-refractivity contribution in [1.29, 1.82) is 0 Å². The van der Waals surface area contributed by atoms with Crippen molar-refractivity contribution in [3.63, 3.8) is 0 Å². The molecule has 2 aromatic carbocycles. The molecule has 0 spiro atoms. The van der Waals surface area contributed by atoms with Crippen molar-refractivity contribution in [3.05, 3.63) is 84.2 Å². The smallest absolute Gasteiger partial charge is 0.244 e. The van der Waals surface area contributed by atoms with Crippen molar-refractivity contribution < 1.29 is 4.79 Å². The molecule has 0 aliphatic rings. The molecule has 28 heavy (non-hydrogen) atoms. The minimum absolute atomic E-state index is 0.0994. The number of carbonyl (C=O) groups excluding carboxylic acids is 1. The Morgan fingerprint density at radius 3 is 2.21 bits per heavy atom. The van der Waals surface area contributed by atoms with E-state index in [9.17, 15) is 4.79 Å². The van der Waals surface area contributed by atoms with Gasteiger partial charge in [-0.25, -0.2) is 4.68 Å². The Morgan fingerprint density at radius 2 is 1.61 bits per heavy atom. The van der Waals surface area contributed by atoms with Crippen LogP contribution in [0.15, 0.2) is 73.1 Å². The summed E-state index contributed by atoms with van der Waals surface area (Å²) in [5.74, 6) is 0.0994. The predicted octanol–water partition coefficient (Wildman–Crippen LogP) is 3.91. The minimum Gasteiger partial charge on any atom is -0.340 e. The first-order chi connectivity index (χ1) is 13.6. The highest BCUT2D eigenvalue weighted by Crippen LogP contribution is 2.23. The zero-order valence-electron chi connectivity index (χ0n) is 16.8. The predicted molar refractivity (Wildman–Crippen MR) is 112 cm³/mol. The average Bonchev–Trinajstić information content (AvgIpc) is 3.21. The molecule has 0 radical (unpaired) electrons. The van der Waals surface area contributed by atoms with E-state index in [0.717, 1.165) is 29.9 Å². The number of rotatable bonds is 8. The minimum atomic E-state index is -0.273. The van der Waals surface area contributed by atoms with Gasteiger partial charge in [-0.1, -0.05) is 62.4 Å². The second kappa shape index (κ2) is 9.33. The molecule has 146 valence electrons. The second-order valence-electron chi connectivity index (χ2n) is 6.86. The molecule has 5 heteroatoms. The topological polar surface area (TPSA) is 41.4 Å². The quantitative estimate of drug-likeness (QED) is 0.598. The van der Waals surface area contributed by atoms with E-state index < -0.39 is 0 Å². The van der Waals surface area contributed by atoms with Crippen molar-refractivity contribution in [2.45, 2.75) is 26.4 Å². The van der Waals surface area contributed by atoms with E-state index in [0.29, 0.717) is 6.54 Å². The van der Waals surface area contributed by atoms with Crippen molar-refractivity contribution in [1.82, 2.24) is 19.6 Å². The summed E-state index contributed by atoms with van der Waals surface area (Å²) in [5, 5.41) is 4.44. The summed E-state index contributed by atoms with van der Waals surface area (Å²) in [7, 11) is 1.86. The SMILES string of the molecule is CCN(CC)C(C(=O)N(C)Cc1cnn(-c2ccccc2)c1)c1ccccc1. The molecule has 0 aliphatic carbocycles. The third-order valence-electron chi connectivity index (χ3n) is 4.98. The Morgan fingerprint density at radius 1 is 1.00 bits per heavy atom. The third-order valence-corrected chi connectivity index (χ3v) is 4.98. The van der Waals surface area contributed by atoms with Crippen molar-refractivity contribution in [2.75, 3.05) is 20.1 Å². The summed E-state index contributed by atoms with van der Waals surface area (Å²) in [6.45, 7) is 6.35. The fraction of sp³-hybridized carbons (Fsp3) is 0.304. The summed E-state index contributed by atoms with van der Waals surface area (Å²) in [6.07, 6.45) is 3.81. The van der Waals surface area contributed by atoms with Crippen LogP contribution < -0.4 is 0 Å². The molecule has 3 rings (SSSR count). The maximum Gasteiger partial charge on any atom is 0.244 e. The van der Waals surface area contributed by atoms with Gasteiger partial charge in [-0.3, -0.25) is 9.69 Å². The van der Waals surface area contributed by atoms with E-state index in [1.54, 1.807) is 4.90 Å². The number of amides is 1. The highest BCUT2D eigenvalue weighted by Gasteiger charge is 2.28. The monoisotopic (exact) mass is 376 g/mol. The molecule has 3 aromatic rings. The Labute approximate surface area is 167 Å². The van der Waals surface area contributed by atoms with Crippen LogP contribution in [-0.2, 0) is 11.3 Å². The zero-order valence-corrected chi connectivity index (χ0v) is 16.8. The van der Waals surface area contributed by atoms with Crippen LogP contribution in [0.3, 0.4) is 0 Å². The molecule has 1 aromatic heterocycles. The standard InChI is InChI=1S/C23H28N4O/c1-4-26(5-2)22(20-12-8-6-9-13-20)23(28)25(3)17-19-16-24-27(18-19)21-14-10-7-11-15-21/h6-16,18,22H,4-5,17H2,1-3H3. The summed E-state index contributed by atoms with van der Waals surface area (Å²) >= 11 is 0. The Hall–Kier alpha value is -2.92. The first-order valence-corrected chi connectivity index (χ1v) is 9.77. The number of benzene rings is 2. The Bertz CT molecular complexity index is 872. The molecule has 1 unspecified atom stereocenters. The van der Waals surface area contributed by atoms with Crippen molar-refractivity contribution in [3.8, 4) is 5.69 Å². The summed E-state index contributed by atoms with van der Waals surface area (Å²) in [6, 6.07) is 19.7. The van der Waals surface area contributed by atoms with Gasteiger partial charge in [0.1, 0.15) is 6.04 Å². The first-order valence-electron chi connectivity index (χ1n) is 9.77. The van der Waals surface area contributed by atoms with E-state index in [4.69, 9.17) is 0 Å². The van der Waals surface area contributed by atoms with Crippen LogP contribution in [0, 0.1) is 0 Å². The molecule has 1 heterocycles. The fourth-order valence-electron chi connectivity index (χ4n) is 3.46. The van der Waals surface area contributed by atoms with Gasteiger partial charge in [-0.2, -0.15) is 5.10 Å². The van der Waals surface area contributed by atoms with Crippen LogP contribution in [0.2, 0.25) is 0 Å². The van der Waals surface area contributed by atoms with Gasteiger partial charge in [-0.05, 0) is 30.8 Å². The lowest BCUT2D eigenvalue weighted by molar-refractivity contribution is -0.136. The first kappa shape index (κ1) is 19.8. The van der Waals surface area contributed by atoms with E-state index in [1.165, 1.54) is 0 Å². The van der Waals surface area contributed by atoms with E-state index in [1.807, 2.05) is 84.8 Å². The van der Waals surface area contributed by atoms with Gasteiger partial charge >= 0.3 is 0 Å². The Balaban J connectivity index is 1.77. The van der Waals surface area contributed by atoms with Crippen LogP contribution in [0.4, 0.5) is 0 Å². The van der Waals surface area contributed by atoms with Crippen LogP contribution >= 0.6 is 0 Å². The van der Waals surface area contributed by atoms with Gasteiger partial charge in [0, 0.05) is 25.4 Å². The number of aromatic nitrogens is 2. The van der Waals surface area contributed by atoms with Crippen molar-refractivity contribution >= 4 is 5.91 Å². The summed E-state index contributed by atoms with van der Waals surface area (Å²) in [5.41, 5.74) is 3.04. The lowest BCUT2D eigenvalue weighted by Gasteiger charge is -2.32. The maximum atomic E-state index is 13.3. The molecule has 1 amide bonds. The third kappa shape index (κ3) is 4.49. The molecule has 0 N–H and O–H groups in total. The van der Waals surface area contributed by atoms with Gasteiger partial charge in [0.2, 0.25) is 5.91 Å². The molecule has 0 bridgehead atoms. The largest absolute Gasteiger partial charge is 0.340 e. The molecular weight excluding hydrogens is 348 g/mol. The molecule has 0 aliphatic heterocycles. The molecule has 0 saturated heterocycles. The van der Waals surface area contributed by atoms with Gasteiger partial charge in [0.25, 0.3) is 0 Å². The number of likely N-dealkylation sites (N-methyl/N-ethyl adjacent to an activating group) is 2. The molecule has 1 atom stereocenters. The molecule has 0 fully saturated rings. The van der Waals surface area contributed by atoms with Crippen LogP contribution in [0.1, 0.15) is 31.0 Å². The normalized spacial score (nSPS) is 12.1.